The molecule has 1 aromatic carbocycles. The molecule has 0 bridgehead atoms. The van der Waals surface area contributed by atoms with Gasteiger partial charge < -0.3 is 5.11 Å². The number of carbonyl (C=O) groups excluding carboxylic acids is 1. The maximum atomic E-state index is 11.3. The number of hydrogen-bond acceptors (Lipinski definition) is 5. The number of Topliss-reactive ketones (excluding diaryl/α,β-unsaturated/α-hetero) is 1. The summed E-state index contributed by atoms with van der Waals surface area (Å²) < 4.78 is 1.72. The van der Waals surface area contributed by atoms with Crippen LogP contribution in [0.5, 0.6) is 5.75 Å². The Morgan fingerprint density at radius 1 is 1.17 bits per heavy atom. The molecule has 0 saturated heterocycles. The summed E-state index contributed by atoms with van der Waals surface area (Å²) in [5.74, 6) is 0.842. The van der Waals surface area contributed by atoms with Crippen molar-refractivity contribution in [2.75, 3.05) is 0 Å². The number of aromatic nitrogens is 2. The first kappa shape index (κ1) is 15.9. The lowest BCUT2D eigenvalue weighted by Crippen LogP contribution is -1.89. The third kappa shape index (κ3) is 2.90. The minimum Gasteiger partial charge on any atom is -0.504 e. The van der Waals surface area contributed by atoms with Crippen LogP contribution >= 0.6 is 0 Å². The Morgan fingerprint density at radius 3 is 2.50 bits per heavy atom. The van der Waals surface area contributed by atoms with Gasteiger partial charge in [0.05, 0.1) is 11.4 Å². The monoisotopic (exact) mass is 322 g/mol. The average molecular weight is 322 g/mol. The molecule has 0 atom stereocenters. The molecule has 24 heavy (non-hydrogen) atoms. The lowest BCUT2D eigenvalue weighted by Gasteiger charge is -2.01. The summed E-state index contributed by atoms with van der Waals surface area (Å²) in [4.78, 5) is 15.8. The zero-order valence-electron chi connectivity index (χ0n) is 13.8. The van der Waals surface area contributed by atoms with Crippen molar-refractivity contribution in [3.8, 4) is 5.75 Å². The standard InChI is InChI=1S/C18H18N4O2/c1-11(2)16-18(22-10-4-5-15(24)17(22)19-16)21-20-14-8-6-13(7-9-14)12(3)23/h4-11,24H,1-3H3. The average Bonchev–Trinajstić information content (AvgIpc) is 2.93. The Hall–Kier alpha value is -3.02. The van der Waals surface area contributed by atoms with E-state index in [0.29, 0.717) is 22.7 Å². The SMILES string of the molecule is CC(=O)c1ccc(N=Nc2c(C(C)C)nc3c(O)cccn23)cc1. The molecule has 0 fully saturated rings. The first-order chi connectivity index (χ1) is 11.5. The van der Waals surface area contributed by atoms with E-state index in [2.05, 4.69) is 15.2 Å². The van der Waals surface area contributed by atoms with E-state index in [1.54, 1.807) is 47.0 Å². The van der Waals surface area contributed by atoms with E-state index in [4.69, 9.17) is 0 Å². The molecule has 1 N–H and O–H groups in total. The topological polar surface area (TPSA) is 79.3 Å². The second-order valence-corrected chi connectivity index (χ2v) is 5.87. The van der Waals surface area contributed by atoms with Gasteiger partial charge in [0, 0.05) is 11.8 Å². The van der Waals surface area contributed by atoms with Crippen LogP contribution in [0.1, 0.15) is 42.7 Å². The molecule has 0 aliphatic rings. The fourth-order valence-corrected chi connectivity index (χ4v) is 2.41. The molecule has 0 aliphatic carbocycles. The molecule has 3 aromatic rings. The maximum absolute atomic E-state index is 11.3. The molecule has 6 nitrogen and oxygen atoms in total. The Morgan fingerprint density at radius 2 is 1.88 bits per heavy atom. The van der Waals surface area contributed by atoms with Gasteiger partial charge in [0.25, 0.3) is 0 Å². The van der Waals surface area contributed by atoms with Gasteiger partial charge in [-0.15, -0.1) is 10.2 Å². The fourth-order valence-electron chi connectivity index (χ4n) is 2.41. The number of carbonyl (C=O) groups is 1. The smallest absolute Gasteiger partial charge is 0.183 e. The minimum absolute atomic E-state index is 0.0119. The molecule has 0 aliphatic heterocycles. The summed E-state index contributed by atoms with van der Waals surface area (Å²) in [7, 11) is 0. The van der Waals surface area contributed by atoms with Crippen LogP contribution in [-0.4, -0.2) is 20.3 Å². The van der Waals surface area contributed by atoms with Gasteiger partial charge in [0.1, 0.15) is 0 Å². The molecule has 0 amide bonds. The fraction of sp³-hybridized carbons (Fsp3) is 0.222. The number of pyridine rings is 1. The highest BCUT2D eigenvalue weighted by molar-refractivity contribution is 5.94. The Labute approximate surface area is 139 Å². The van der Waals surface area contributed by atoms with Crippen LogP contribution in [-0.2, 0) is 0 Å². The highest BCUT2D eigenvalue weighted by Crippen LogP contribution is 2.32. The van der Waals surface area contributed by atoms with Gasteiger partial charge >= 0.3 is 0 Å². The molecule has 0 radical (unpaired) electrons. The van der Waals surface area contributed by atoms with Gasteiger partial charge in [-0.1, -0.05) is 13.8 Å². The lowest BCUT2D eigenvalue weighted by atomic mass is 10.1. The first-order valence-electron chi connectivity index (χ1n) is 7.70. The van der Waals surface area contributed by atoms with Crippen molar-refractivity contribution >= 4 is 22.9 Å². The quantitative estimate of drug-likeness (QED) is 0.554. The minimum atomic E-state index is 0.0119. The number of fused-ring (bicyclic) bond motifs is 1. The van der Waals surface area contributed by atoms with E-state index in [1.807, 2.05) is 13.8 Å². The second-order valence-electron chi connectivity index (χ2n) is 5.87. The zero-order valence-corrected chi connectivity index (χ0v) is 13.8. The van der Waals surface area contributed by atoms with E-state index in [0.717, 1.165) is 5.69 Å². The van der Waals surface area contributed by atoms with Gasteiger partial charge in [0.15, 0.2) is 23.0 Å². The molecule has 2 heterocycles. The molecule has 0 spiro atoms. The van der Waals surface area contributed by atoms with Crippen molar-refractivity contribution in [2.45, 2.75) is 26.7 Å². The van der Waals surface area contributed by atoms with Crippen molar-refractivity contribution in [3.05, 3.63) is 53.9 Å². The molecular formula is C18H18N4O2. The van der Waals surface area contributed by atoms with Crippen LogP contribution in [0.3, 0.4) is 0 Å². The molecule has 122 valence electrons. The maximum Gasteiger partial charge on any atom is 0.183 e. The summed E-state index contributed by atoms with van der Waals surface area (Å²) >= 11 is 0. The molecule has 0 saturated carbocycles. The second kappa shape index (κ2) is 6.23. The first-order valence-corrected chi connectivity index (χ1v) is 7.70. The van der Waals surface area contributed by atoms with Crippen LogP contribution in [0.4, 0.5) is 11.5 Å². The highest BCUT2D eigenvalue weighted by atomic mass is 16.3. The number of azo groups is 1. The van der Waals surface area contributed by atoms with Gasteiger partial charge in [-0.05, 0) is 49.2 Å². The molecule has 0 unspecified atom stereocenters. The van der Waals surface area contributed by atoms with Crippen LogP contribution in [0.15, 0.2) is 52.8 Å². The van der Waals surface area contributed by atoms with Crippen LogP contribution in [0.2, 0.25) is 0 Å². The lowest BCUT2D eigenvalue weighted by molar-refractivity contribution is 0.101. The van der Waals surface area contributed by atoms with E-state index < -0.39 is 0 Å². The summed E-state index contributed by atoms with van der Waals surface area (Å²) in [6, 6.07) is 10.3. The third-order valence-corrected chi connectivity index (χ3v) is 3.71. The summed E-state index contributed by atoms with van der Waals surface area (Å²) in [5, 5.41) is 18.5. The predicted molar refractivity (Wildman–Crippen MR) is 91.6 cm³/mol. The Balaban J connectivity index is 2.04. The van der Waals surface area contributed by atoms with Crippen molar-refractivity contribution in [1.29, 1.82) is 0 Å². The highest BCUT2D eigenvalue weighted by Gasteiger charge is 2.16. The van der Waals surface area contributed by atoms with Crippen LogP contribution < -0.4 is 0 Å². The van der Waals surface area contributed by atoms with Crippen molar-refractivity contribution < 1.29 is 9.90 Å². The molecule has 3 rings (SSSR count). The van der Waals surface area contributed by atoms with E-state index in [-0.39, 0.29) is 17.5 Å². The molecular weight excluding hydrogens is 304 g/mol. The summed E-state index contributed by atoms with van der Waals surface area (Å²) in [6.07, 6.45) is 1.79. The van der Waals surface area contributed by atoms with Crippen molar-refractivity contribution in [1.82, 2.24) is 9.38 Å². The number of ketones is 1. The Kier molecular flexibility index (Phi) is 4.12. The predicted octanol–water partition coefficient (Wildman–Crippen LogP) is 4.78. The van der Waals surface area contributed by atoms with Gasteiger partial charge in [-0.25, -0.2) is 4.98 Å². The van der Waals surface area contributed by atoms with Crippen LogP contribution in [0.25, 0.3) is 5.65 Å². The number of benzene rings is 1. The van der Waals surface area contributed by atoms with Crippen molar-refractivity contribution in [2.24, 2.45) is 10.2 Å². The van der Waals surface area contributed by atoms with E-state index >= 15 is 0 Å². The number of aromatic hydroxyl groups is 1. The van der Waals surface area contributed by atoms with E-state index in [9.17, 15) is 9.90 Å². The third-order valence-electron chi connectivity index (χ3n) is 3.71. The Bertz CT molecular complexity index is 924. The molecule has 2 aromatic heterocycles. The summed E-state index contributed by atoms with van der Waals surface area (Å²) in [6.45, 7) is 5.55. The normalized spacial score (nSPS) is 11.7. The number of rotatable bonds is 4. The zero-order chi connectivity index (χ0) is 17.3. The van der Waals surface area contributed by atoms with Gasteiger partial charge in [-0.3, -0.25) is 9.20 Å². The molecule has 6 heteroatoms. The summed E-state index contributed by atoms with van der Waals surface area (Å²) in [5.41, 5.74) is 2.50. The van der Waals surface area contributed by atoms with Gasteiger partial charge in [0.2, 0.25) is 0 Å². The number of nitrogens with zero attached hydrogens (tertiary/aromatic N) is 4. The van der Waals surface area contributed by atoms with Gasteiger partial charge in [-0.2, -0.15) is 0 Å². The van der Waals surface area contributed by atoms with Crippen LogP contribution in [0, 0.1) is 0 Å². The number of hydrogen-bond donors (Lipinski definition) is 1. The van der Waals surface area contributed by atoms with Crippen molar-refractivity contribution in [3.63, 3.8) is 0 Å². The van der Waals surface area contributed by atoms with E-state index in [1.165, 1.54) is 6.92 Å². The largest absolute Gasteiger partial charge is 0.504 e. The number of imidazole rings is 1.